The van der Waals surface area contributed by atoms with E-state index >= 15 is 0 Å². The van der Waals surface area contributed by atoms with Crippen molar-refractivity contribution in [2.75, 3.05) is 6.61 Å². The van der Waals surface area contributed by atoms with Crippen molar-refractivity contribution in [2.24, 2.45) is 0 Å². The molecule has 0 radical (unpaired) electrons. The lowest BCUT2D eigenvalue weighted by Gasteiger charge is -2.14. The summed E-state index contributed by atoms with van der Waals surface area (Å²) in [6.45, 7) is 3.75. The third kappa shape index (κ3) is 7.27. The van der Waals surface area contributed by atoms with E-state index in [-0.39, 0.29) is 18.6 Å². The summed E-state index contributed by atoms with van der Waals surface area (Å²) >= 11 is 7.58. The normalized spacial score (nSPS) is 10.7. The van der Waals surface area contributed by atoms with Gasteiger partial charge in [-0.15, -0.1) is 11.8 Å². The number of hydrogen-bond donors (Lipinski definition) is 1. The maximum atomic E-state index is 12.1. The van der Waals surface area contributed by atoms with Crippen LogP contribution in [0.15, 0.2) is 53.4 Å². The van der Waals surface area contributed by atoms with Crippen LogP contribution >= 0.6 is 23.4 Å². The fraction of sp³-hybridized carbons (Fsp3) is 0.333. The first kappa shape index (κ1) is 21.3. The molecule has 2 aromatic carbocycles. The molecule has 6 heteroatoms. The molecule has 0 aromatic heterocycles. The zero-order valence-corrected chi connectivity index (χ0v) is 17.1. The van der Waals surface area contributed by atoms with Gasteiger partial charge in [-0.05, 0) is 54.8 Å². The third-order valence-electron chi connectivity index (χ3n) is 4.09. The van der Waals surface area contributed by atoms with Gasteiger partial charge >= 0.3 is 5.97 Å². The molecule has 4 nitrogen and oxygen atoms in total. The molecule has 0 spiro atoms. The van der Waals surface area contributed by atoms with Crippen LogP contribution in [0.4, 0.5) is 0 Å². The predicted molar refractivity (Wildman–Crippen MR) is 110 cm³/mol. The van der Waals surface area contributed by atoms with Crippen LogP contribution in [-0.2, 0) is 15.3 Å². The van der Waals surface area contributed by atoms with E-state index in [0.29, 0.717) is 5.56 Å². The molecule has 0 unspecified atom stereocenters. The highest BCUT2D eigenvalue weighted by atomic mass is 35.5. The molecule has 144 valence electrons. The van der Waals surface area contributed by atoms with Crippen molar-refractivity contribution in [3.8, 4) is 0 Å². The largest absolute Gasteiger partial charge is 0.452 e. The number of halogens is 1. The van der Waals surface area contributed by atoms with Gasteiger partial charge in [-0.25, -0.2) is 4.79 Å². The maximum absolute atomic E-state index is 12.1. The van der Waals surface area contributed by atoms with Gasteiger partial charge in [0.15, 0.2) is 6.61 Å². The maximum Gasteiger partial charge on any atom is 0.338 e. The number of nitrogens with one attached hydrogen (secondary N) is 1. The lowest BCUT2D eigenvalue weighted by molar-refractivity contribution is -0.125. The van der Waals surface area contributed by atoms with Gasteiger partial charge in [0.05, 0.1) is 5.56 Å². The van der Waals surface area contributed by atoms with E-state index in [1.807, 2.05) is 50.2 Å². The molecule has 2 aromatic rings. The van der Waals surface area contributed by atoms with Gasteiger partial charge in [-0.2, -0.15) is 0 Å². The molecular formula is C21H24ClNO3S. The Morgan fingerprint density at radius 2 is 1.67 bits per heavy atom. The zero-order chi connectivity index (χ0) is 19.6. The van der Waals surface area contributed by atoms with E-state index in [9.17, 15) is 9.59 Å². The van der Waals surface area contributed by atoms with E-state index in [0.717, 1.165) is 34.1 Å². The summed E-state index contributed by atoms with van der Waals surface area (Å²) in [5.74, 6) is 0.0223. The topological polar surface area (TPSA) is 55.4 Å². The first-order chi connectivity index (χ1) is 13.0. The SMILES string of the molecule is CCC(CC)NC(=O)COC(=O)c1ccc(CSc2ccc(Cl)cc2)cc1. The number of hydrogen-bond acceptors (Lipinski definition) is 4. The molecule has 0 bridgehead atoms. The predicted octanol–water partition coefficient (Wildman–Crippen LogP) is 5.09. The Morgan fingerprint density at radius 3 is 2.26 bits per heavy atom. The fourth-order valence-electron chi connectivity index (χ4n) is 2.41. The Hall–Kier alpha value is -1.98. The van der Waals surface area contributed by atoms with Crippen LogP contribution in [0.5, 0.6) is 0 Å². The van der Waals surface area contributed by atoms with Crippen LogP contribution in [-0.4, -0.2) is 24.5 Å². The van der Waals surface area contributed by atoms with Gasteiger partial charge in [-0.1, -0.05) is 37.6 Å². The summed E-state index contributed by atoms with van der Waals surface area (Å²) in [6.07, 6.45) is 1.71. The highest BCUT2D eigenvalue weighted by molar-refractivity contribution is 7.98. The average molecular weight is 406 g/mol. The smallest absolute Gasteiger partial charge is 0.338 e. The second kappa shape index (κ2) is 11.0. The summed E-state index contributed by atoms with van der Waals surface area (Å²) in [7, 11) is 0. The van der Waals surface area contributed by atoms with Crippen molar-refractivity contribution < 1.29 is 14.3 Å². The Kier molecular flexibility index (Phi) is 8.69. The number of carbonyl (C=O) groups excluding carboxylic acids is 2. The molecule has 2 rings (SSSR count). The van der Waals surface area contributed by atoms with E-state index in [4.69, 9.17) is 16.3 Å². The Balaban J connectivity index is 1.80. The lowest BCUT2D eigenvalue weighted by atomic mass is 10.1. The van der Waals surface area contributed by atoms with Crippen molar-refractivity contribution in [1.82, 2.24) is 5.32 Å². The van der Waals surface area contributed by atoms with Gasteiger partial charge < -0.3 is 10.1 Å². The minimum Gasteiger partial charge on any atom is -0.452 e. The molecule has 0 heterocycles. The monoisotopic (exact) mass is 405 g/mol. The zero-order valence-electron chi connectivity index (χ0n) is 15.5. The molecule has 0 aliphatic heterocycles. The van der Waals surface area contributed by atoms with Crippen LogP contribution in [0.25, 0.3) is 0 Å². The van der Waals surface area contributed by atoms with Crippen molar-refractivity contribution in [1.29, 1.82) is 0 Å². The molecule has 1 amide bonds. The highest BCUT2D eigenvalue weighted by Crippen LogP contribution is 2.24. The summed E-state index contributed by atoms with van der Waals surface area (Å²) in [4.78, 5) is 25.0. The number of benzene rings is 2. The minimum absolute atomic E-state index is 0.119. The second-order valence-corrected chi connectivity index (χ2v) is 7.58. The van der Waals surface area contributed by atoms with Crippen LogP contribution in [0.1, 0.15) is 42.6 Å². The van der Waals surface area contributed by atoms with E-state index in [1.165, 1.54) is 0 Å². The van der Waals surface area contributed by atoms with Crippen molar-refractivity contribution in [3.05, 3.63) is 64.7 Å². The van der Waals surface area contributed by atoms with Gasteiger partial charge in [0.25, 0.3) is 5.91 Å². The summed E-state index contributed by atoms with van der Waals surface area (Å²) in [6, 6.07) is 15.0. The fourth-order valence-corrected chi connectivity index (χ4v) is 3.39. The molecule has 0 atom stereocenters. The van der Waals surface area contributed by atoms with E-state index < -0.39 is 5.97 Å². The Morgan fingerprint density at radius 1 is 1.04 bits per heavy atom. The van der Waals surface area contributed by atoms with Crippen LogP contribution in [0.2, 0.25) is 5.02 Å². The van der Waals surface area contributed by atoms with Crippen molar-refractivity contribution in [3.63, 3.8) is 0 Å². The van der Waals surface area contributed by atoms with Crippen LogP contribution in [0, 0.1) is 0 Å². The minimum atomic E-state index is -0.494. The van der Waals surface area contributed by atoms with Crippen LogP contribution < -0.4 is 5.32 Å². The number of ether oxygens (including phenoxy) is 1. The molecule has 1 N–H and O–H groups in total. The molecule has 0 aliphatic carbocycles. The van der Waals surface area contributed by atoms with Gasteiger partial charge in [0.2, 0.25) is 0 Å². The van der Waals surface area contributed by atoms with Crippen LogP contribution in [0.3, 0.4) is 0 Å². The number of rotatable bonds is 9. The molecule has 27 heavy (non-hydrogen) atoms. The van der Waals surface area contributed by atoms with Gasteiger partial charge in [0.1, 0.15) is 0 Å². The number of thioether (sulfide) groups is 1. The summed E-state index contributed by atoms with van der Waals surface area (Å²) < 4.78 is 5.09. The van der Waals surface area contributed by atoms with Gasteiger partial charge in [0, 0.05) is 21.7 Å². The number of carbonyl (C=O) groups is 2. The summed E-state index contributed by atoms with van der Waals surface area (Å²) in [5.41, 5.74) is 1.53. The molecule has 0 fully saturated rings. The second-order valence-electron chi connectivity index (χ2n) is 6.10. The Bertz CT molecular complexity index is 743. The van der Waals surface area contributed by atoms with E-state index in [2.05, 4.69) is 5.32 Å². The Labute approximate surface area is 169 Å². The first-order valence-electron chi connectivity index (χ1n) is 8.95. The highest BCUT2D eigenvalue weighted by Gasteiger charge is 2.12. The number of amides is 1. The molecular weight excluding hydrogens is 382 g/mol. The van der Waals surface area contributed by atoms with Crippen molar-refractivity contribution >= 4 is 35.2 Å². The average Bonchev–Trinajstić information content (AvgIpc) is 2.70. The molecule has 0 saturated carbocycles. The first-order valence-corrected chi connectivity index (χ1v) is 10.3. The summed E-state index contributed by atoms with van der Waals surface area (Å²) in [5, 5.41) is 3.56. The quantitative estimate of drug-likeness (QED) is 0.466. The third-order valence-corrected chi connectivity index (χ3v) is 5.43. The lowest BCUT2D eigenvalue weighted by Crippen LogP contribution is -2.36. The molecule has 0 saturated heterocycles. The number of esters is 1. The van der Waals surface area contributed by atoms with Crippen molar-refractivity contribution in [2.45, 2.75) is 43.4 Å². The molecule has 0 aliphatic rings. The van der Waals surface area contributed by atoms with E-state index in [1.54, 1.807) is 23.9 Å². The standard InChI is InChI=1S/C21H24ClNO3S/c1-3-18(4-2)23-20(24)13-26-21(25)16-7-5-15(6-8-16)14-27-19-11-9-17(22)10-12-19/h5-12,18H,3-4,13-14H2,1-2H3,(H,23,24). The van der Waals surface area contributed by atoms with Gasteiger partial charge in [-0.3, -0.25) is 4.79 Å².